The predicted octanol–water partition coefficient (Wildman–Crippen LogP) is 3.97. The minimum absolute atomic E-state index is 0.0122. The molecule has 0 unspecified atom stereocenters. The highest BCUT2D eigenvalue weighted by molar-refractivity contribution is 7.92. The van der Waals surface area contributed by atoms with E-state index in [0.717, 1.165) is 4.31 Å². The Kier molecular flexibility index (Phi) is 9.84. The molecular weight excluding hydrogens is 509 g/mol. The monoisotopic (exact) mass is 541 g/mol. The molecule has 3 aromatic rings. The Morgan fingerprint density at radius 1 is 0.974 bits per heavy atom. The van der Waals surface area contributed by atoms with Crippen LogP contribution < -0.4 is 14.4 Å². The van der Waals surface area contributed by atoms with E-state index >= 15 is 0 Å². The van der Waals surface area contributed by atoms with Crippen LogP contribution in [0, 0.1) is 5.82 Å². The topological polar surface area (TPSA) is 96.0 Å². The fourth-order valence-corrected chi connectivity index (χ4v) is 5.20. The van der Waals surface area contributed by atoms with Crippen molar-refractivity contribution in [1.29, 1.82) is 0 Å². The number of hydrogen-bond donors (Lipinski definition) is 1. The summed E-state index contributed by atoms with van der Waals surface area (Å²) in [5.41, 5.74) is 0.852. The van der Waals surface area contributed by atoms with Gasteiger partial charge in [0.2, 0.25) is 11.8 Å². The highest BCUT2D eigenvalue weighted by Crippen LogP contribution is 2.26. The molecule has 0 aliphatic rings. The van der Waals surface area contributed by atoms with Gasteiger partial charge in [0.05, 0.1) is 17.7 Å². The Hall–Kier alpha value is -3.92. The summed E-state index contributed by atoms with van der Waals surface area (Å²) in [7, 11) is -2.65. The van der Waals surface area contributed by atoms with Crippen molar-refractivity contribution in [2.75, 3.05) is 24.5 Å². The molecule has 0 saturated heterocycles. The third-order valence-electron chi connectivity index (χ3n) is 5.95. The molecule has 0 fully saturated rings. The Labute approximate surface area is 223 Å². The summed E-state index contributed by atoms with van der Waals surface area (Å²) < 4.78 is 47.1. The van der Waals surface area contributed by atoms with E-state index in [9.17, 15) is 22.4 Å². The number of halogens is 1. The number of carbonyl (C=O) groups is 2. The number of nitrogens with zero attached hydrogens (tertiary/aromatic N) is 2. The van der Waals surface area contributed by atoms with Crippen molar-refractivity contribution < 1.29 is 27.1 Å². The first-order valence-electron chi connectivity index (χ1n) is 12.2. The van der Waals surface area contributed by atoms with Crippen LogP contribution in [0.4, 0.5) is 10.1 Å². The summed E-state index contributed by atoms with van der Waals surface area (Å²) >= 11 is 0. The second kappa shape index (κ2) is 13.0. The molecule has 0 aromatic heterocycles. The highest BCUT2D eigenvalue weighted by Gasteiger charge is 2.32. The molecule has 0 saturated carbocycles. The lowest BCUT2D eigenvalue weighted by Gasteiger charge is -2.32. The van der Waals surface area contributed by atoms with Gasteiger partial charge in [0.15, 0.2) is 0 Å². The first-order valence-corrected chi connectivity index (χ1v) is 13.6. The number of ether oxygens (including phenoxy) is 1. The van der Waals surface area contributed by atoms with Crippen LogP contribution in [-0.2, 0) is 26.2 Å². The maximum atomic E-state index is 13.8. The van der Waals surface area contributed by atoms with Crippen molar-refractivity contribution in [2.45, 2.75) is 37.8 Å². The predicted molar refractivity (Wildman–Crippen MR) is 144 cm³/mol. The van der Waals surface area contributed by atoms with Crippen LogP contribution in [0.1, 0.15) is 25.8 Å². The molecule has 2 amide bonds. The van der Waals surface area contributed by atoms with E-state index in [1.165, 1.54) is 48.4 Å². The van der Waals surface area contributed by atoms with Crippen molar-refractivity contribution in [3.63, 3.8) is 0 Å². The lowest BCUT2D eigenvalue weighted by Crippen LogP contribution is -2.51. The first kappa shape index (κ1) is 28.6. The van der Waals surface area contributed by atoms with Gasteiger partial charge in [-0.2, -0.15) is 0 Å². The smallest absolute Gasteiger partial charge is 0.264 e. The number of rotatable bonds is 12. The van der Waals surface area contributed by atoms with Crippen LogP contribution in [0.25, 0.3) is 0 Å². The summed E-state index contributed by atoms with van der Waals surface area (Å²) in [5.74, 6) is -0.871. The van der Waals surface area contributed by atoms with E-state index in [-0.39, 0.29) is 23.0 Å². The molecule has 8 nitrogen and oxygen atoms in total. The van der Waals surface area contributed by atoms with E-state index < -0.39 is 34.3 Å². The maximum absolute atomic E-state index is 13.8. The van der Waals surface area contributed by atoms with Gasteiger partial charge in [0.25, 0.3) is 10.0 Å². The Morgan fingerprint density at radius 2 is 1.61 bits per heavy atom. The molecule has 0 spiro atoms. The highest BCUT2D eigenvalue weighted by atomic mass is 32.2. The van der Waals surface area contributed by atoms with Gasteiger partial charge in [0, 0.05) is 13.1 Å². The van der Waals surface area contributed by atoms with Crippen LogP contribution in [0.3, 0.4) is 0 Å². The Balaban J connectivity index is 2.00. The van der Waals surface area contributed by atoms with Crippen molar-refractivity contribution in [1.82, 2.24) is 10.2 Å². The quantitative estimate of drug-likeness (QED) is 0.374. The van der Waals surface area contributed by atoms with E-state index in [1.807, 2.05) is 6.92 Å². The summed E-state index contributed by atoms with van der Waals surface area (Å²) in [4.78, 5) is 27.9. The number of benzene rings is 3. The fraction of sp³-hybridized carbons (Fsp3) is 0.286. The van der Waals surface area contributed by atoms with E-state index in [2.05, 4.69) is 5.32 Å². The van der Waals surface area contributed by atoms with Crippen LogP contribution in [0.2, 0.25) is 0 Å². The SMILES string of the molecule is CCCNC(=O)[C@@H](C)N(Cc1ccc(F)cc1)C(=O)CN(c1ccc(OC)cc1)S(=O)(=O)c1ccccc1. The molecule has 0 bridgehead atoms. The molecule has 0 radical (unpaired) electrons. The van der Waals surface area contributed by atoms with Crippen molar-refractivity contribution >= 4 is 27.5 Å². The summed E-state index contributed by atoms with van der Waals surface area (Å²) in [6, 6.07) is 18.8. The minimum atomic E-state index is -4.15. The summed E-state index contributed by atoms with van der Waals surface area (Å²) in [6.07, 6.45) is 0.713. The van der Waals surface area contributed by atoms with Crippen LogP contribution in [-0.4, -0.2) is 51.4 Å². The van der Waals surface area contributed by atoms with Gasteiger partial charge in [0.1, 0.15) is 24.2 Å². The average Bonchev–Trinajstić information content (AvgIpc) is 2.94. The van der Waals surface area contributed by atoms with Crippen LogP contribution in [0.5, 0.6) is 5.75 Å². The van der Waals surface area contributed by atoms with Gasteiger partial charge >= 0.3 is 0 Å². The maximum Gasteiger partial charge on any atom is 0.264 e. The normalized spacial score (nSPS) is 11.9. The summed E-state index contributed by atoms with van der Waals surface area (Å²) in [6.45, 7) is 3.35. The van der Waals surface area contributed by atoms with Gasteiger partial charge in [-0.1, -0.05) is 37.3 Å². The molecule has 0 aliphatic heterocycles. The molecule has 0 heterocycles. The first-order chi connectivity index (χ1) is 18.2. The van der Waals surface area contributed by atoms with Gasteiger partial charge in [-0.15, -0.1) is 0 Å². The van der Waals surface area contributed by atoms with Gasteiger partial charge < -0.3 is 15.0 Å². The molecule has 202 valence electrons. The molecule has 0 aliphatic carbocycles. The van der Waals surface area contributed by atoms with Crippen molar-refractivity contribution in [2.24, 2.45) is 0 Å². The molecular formula is C28H32FN3O5S. The largest absolute Gasteiger partial charge is 0.497 e. The zero-order valence-electron chi connectivity index (χ0n) is 21.6. The molecule has 10 heteroatoms. The number of nitrogens with one attached hydrogen (secondary N) is 1. The molecule has 3 aromatic carbocycles. The third-order valence-corrected chi connectivity index (χ3v) is 7.74. The molecule has 1 atom stereocenters. The molecule has 1 N–H and O–H groups in total. The molecule has 38 heavy (non-hydrogen) atoms. The number of sulfonamides is 1. The second-order valence-corrected chi connectivity index (χ2v) is 10.5. The van der Waals surface area contributed by atoms with Crippen molar-refractivity contribution in [3.8, 4) is 5.75 Å². The molecule has 3 rings (SSSR count). The van der Waals surface area contributed by atoms with Crippen LogP contribution >= 0.6 is 0 Å². The van der Waals surface area contributed by atoms with Crippen molar-refractivity contribution in [3.05, 3.63) is 90.2 Å². The summed E-state index contributed by atoms with van der Waals surface area (Å²) in [5, 5.41) is 2.78. The lowest BCUT2D eigenvalue weighted by atomic mass is 10.1. The second-order valence-electron chi connectivity index (χ2n) is 8.64. The minimum Gasteiger partial charge on any atom is -0.497 e. The number of hydrogen-bond acceptors (Lipinski definition) is 5. The Bertz CT molecular complexity index is 1320. The van der Waals surface area contributed by atoms with E-state index in [0.29, 0.717) is 24.3 Å². The number of carbonyl (C=O) groups excluding carboxylic acids is 2. The number of amides is 2. The third kappa shape index (κ3) is 7.10. The fourth-order valence-electron chi connectivity index (χ4n) is 3.76. The zero-order valence-corrected chi connectivity index (χ0v) is 22.4. The zero-order chi connectivity index (χ0) is 27.7. The van der Waals surface area contributed by atoms with Gasteiger partial charge in [-0.25, -0.2) is 12.8 Å². The van der Waals surface area contributed by atoms with Crippen LogP contribution in [0.15, 0.2) is 83.8 Å². The van der Waals surface area contributed by atoms with E-state index in [4.69, 9.17) is 4.74 Å². The van der Waals surface area contributed by atoms with E-state index in [1.54, 1.807) is 49.4 Å². The average molecular weight is 542 g/mol. The van der Waals surface area contributed by atoms with Gasteiger partial charge in [-0.05, 0) is 67.4 Å². The standard InChI is InChI=1S/C28H32FN3O5S/c1-4-18-30-28(34)21(2)31(19-22-10-12-23(29)13-11-22)27(33)20-32(24-14-16-25(37-3)17-15-24)38(35,36)26-8-6-5-7-9-26/h5-17,21H,4,18-20H2,1-3H3,(H,30,34)/t21-/m1/s1. The van der Waals surface area contributed by atoms with Gasteiger partial charge in [-0.3, -0.25) is 13.9 Å². The number of anilines is 1. The Morgan fingerprint density at radius 3 is 2.18 bits per heavy atom. The number of methoxy groups -OCH3 is 1. The lowest BCUT2D eigenvalue weighted by molar-refractivity contribution is -0.139.